The van der Waals surface area contributed by atoms with Gasteiger partial charge in [0.1, 0.15) is 0 Å². The SMILES string of the molecule is CN1CCN(c2noc(-c3c(Cl)ccc(Cl)c3N)n2)CC1. The van der Waals surface area contributed by atoms with Crippen molar-refractivity contribution in [3.8, 4) is 11.5 Å². The normalized spacial score (nSPS) is 16.4. The molecule has 0 unspecified atom stereocenters. The van der Waals surface area contributed by atoms with Crippen molar-refractivity contribution in [1.82, 2.24) is 15.0 Å². The Morgan fingerprint density at radius 3 is 2.52 bits per heavy atom. The first kappa shape index (κ1) is 14.4. The highest BCUT2D eigenvalue weighted by Crippen LogP contribution is 2.37. The number of nitrogen functional groups attached to an aromatic ring is 1. The van der Waals surface area contributed by atoms with Gasteiger partial charge in [0, 0.05) is 26.2 Å². The number of benzene rings is 1. The summed E-state index contributed by atoms with van der Waals surface area (Å²) in [5.41, 5.74) is 6.79. The summed E-state index contributed by atoms with van der Waals surface area (Å²) >= 11 is 12.2. The Kier molecular flexibility index (Phi) is 3.93. The Labute approximate surface area is 132 Å². The van der Waals surface area contributed by atoms with E-state index < -0.39 is 0 Å². The third-order valence-electron chi connectivity index (χ3n) is 3.56. The molecule has 2 N–H and O–H groups in total. The molecule has 8 heteroatoms. The third-order valence-corrected chi connectivity index (χ3v) is 4.20. The summed E-state index contributed by atoms with van der Waals surface area (Å²) < 4.78 is 5.31. The molecule has 0 amide bonds. The summed E-state index contributed by atoms with van der Waals surface area (Å²) in [6.07, 6.45) is 0. The lowest BCUT2D eigenvalue weighted by molar-refractivity contribution is 0.309. The van der Waals surface area contributed by atoms with Crippen molar-refractivity contribution in [3.05, 3.63) is 22.2 Å². The second kappa shape index (κ2) is 5.71. The fourth-order valence-corrected chi connectivity index (χ4v) is 2.64. The van der Waals surface area contributed by atoms with Crippen LogP contribution < -0.4 is 10.6 Å². The van der Waals surface area contributed by atoms with Crippen molar-refractivity contribution in [1.29, 1.82) is 0 Å². The number of halogens is 2. The molecule has 2 aromatic rings. The van der Waals surface area contributed by atoms with E-state index in [2.05, 4.69) is 27.0 Å². The molecular weight excluding hydrogens is 313 g/mol. The van der Waals surface area contributed by atoms with Gasteiger partial charge < -0.3 is 20.1 Å². The number of anilines is 2. The van der Waals surface area contributed by atoms with E-state index in [1.807, 2.05) is 0 Å². The molecular formula is C13H15Cl2N5O. The van der Waals surface area contributed by atoms with E-state index in [0.29, 0.717) is 27.2 Å². The minimum atomic E-state index is 0.286. The van der Waals surface area contributed by atoms with Crippen molar-refractivity contribution in [3.63, 3.8) is 0 Å². The lowest BCUT2D eigenvalue weighted by Crippen LogP contribution is -2.44. The molecule has 3 rings (SSSR count). The van der Waals surface area contributed by atoms with Crippen LogP contribution in [0.5, 0.6) is 0 Å². The fraction of sp³-hybridized carbons (Fsp3) is 0.385. The lowest BCUT2D eigenvalue weighted by atomic mass is 10.2. The van der Waals surface area contributed by atoms with Gasteiger partial charge in [-0.05, 0) is 24.3 Å². The van der Waals surface area contributed by atoms with Crippen molar-refractivity contribution >= 4 is 34.8 Å². The summed E-state index contributed by atoms with van der Waals surface area (Å²) in [6, 6.07) is 3.30. The molecule has 0 aliphatic carbocycles. The van der Waals surface area contributed by atoms with E-state index in [-0.39, 0.29) is 5.89 Å². The van der Waals surface area contributed by atoms with Crippen LogP contribution in [-0.4, -0.2) is 48.3 Å². The molecule has 0 radical (unpaired) electrons. The molecule has 112 valence electrons. The molecule has 1 saturated heterocycles. The van der Waals surface area contributed by atoms with E-state index in [4.69, 9.17) is 33.5 Å². The van der Waals surface area contributed by atoms with Gasteiger partial charge in [0.15, 0.2) is 0 Å². The van der Waals surface area contributed by atoms with Crippen LogP contribution in [0.15, 0.2) is 16.7 Å². The second-order valence-electron chi connectivity index (χ2n) is 5.01. The van der Waals surface area contributed by atoms with E-state index in [1.165, 1.54) is 0 Å². The highest BCUT2D eigenvalue weighted by molar-refractivity contribution is 6.37. The average molecular weight is 328 g/mol. The van der Waals surface area contributed by atoms with Crippen molar-refractivity contribution in [2.45, 2.75) is 0 Å². The van der Waals surface area contributed by atoms with Crippen LogP contribution in [0, 0.1) is 0 Å². The zero-order valence-corrected chi connectivity index (χ0v) is 13.0. The van der Waals surface area contributed by atoms with Gasteiger partial charge in [0.05, 0.1) is 21.3 Å². The Bertz CT molecular complexity index is 652. The van der Waals surface area contributed by atoms with Crippen LogP contribution >= 0.6 is 23.2 Å². The summed E-state index contributed by atoms with van der Waals surface area (Å²) in [4.78, 5) is 8.72. The highest BCUT2D eigenvalue weighted by Gasteiger charge is 2.22. The van der Waals surface area contributed by atoms with Crippen molar-refractivity contribution in [2.24, 2.45) is 0 Å². The topological polar surface area (TPSA) is 71.4 Å². The Morgan fingerprint density at radius 2 is 1.81 bits per heavy atom. The lowest BCUT2D eigenvalue weighted by Gasteiger charge is -2.31. The average Bonchev–Trinajstić information content (AvgIpc) is 2.94. The molecule has 1 aromatic heterocycles. The number of nitrogens with two attached hydrogens (primary N) is 1. The number of piperazine rings is 1. The summed E-state index contributed by atoms with van der Waals surface area (Å²) in [5.74, 6) is 0.836. The molecule has 0 spiro atoms. The smallest absolute Gasteiger partial charge is 0.266 e. The summed E-state index contributed by atoms with van der Waals surface area (Å²) in [7, 11) is 2.09. The van der Waals surface area contributed by atoms with Gasteiger partial charge in [-0.2, -0.15) is 4.98 Å². The minimum absolute atomic E-state index is 0.286. The second-order valence-corrected chi connectivity index (χ2v) is 5.82. The van der Waals surface area contributed by atoms with Crippen LogP contribution in [0.1, 0.15) is 0 Å². The number of hydrogen-bond acceptors (Lipinski definition) is 6. The first-order valence-corrected chi connectivity index (χ1v) is 7.33. The largest absolute Gasteiger partial charge is 0.397 e. The third kappa shape index (κ3) is 2.79. The van der Waals surface area contributed by atoms with E-state index in [0.717, 1.165) is 26.2 Å². The molecule has 1 aliphatic heterocycles. The van der Waals surface area contributed by atoms with Crippen LogP contribution in [0.2, 0.25) is 10.0 Å². The molecule has 1 aromatic carbocycles. The van der Waals surface area contributed by atoms with Gasteiger partial charge in [0.2, 0.25) is 0 Å². The Morgan fingerprint density at radius 1 is 1.14 bits per heavy atom. The van der Waals surface area contributed by atoms with Crippen LogP contribution in [0.3, 0.4) is 0 Å². The maximum atomic E-state index is 6.16. The molecule has 6 nitrogen and oxygen atoms in total. The summed E-state index contributed by atoms with van der Waals surface area (Å²) in [6.45, 7) is 3.64. The van der Waals surface area contributed by atoms with E-state index in [1.54, 1.807) is 12.1 Å². The van der Waals surface area contributed by atoms with Gasteiger partial charge in [-0.1, -0.05) is 23.2 Å². The van der Waals surface area contributed by atoms with Gasteiger partial charge in [-0.3, -0.25) is 0 Å². The van der Waals surface area contributed by atoms with E-state index >= 15 is 0 Å². The van der Waals surface area contributed by atoms with Gasteiger partial charge in [-0.15, -0.1) is 0 Å². The quantitative estimate of drug-likeness (QED) is 0.854. The van der Waals surface area contributed by atoms with Gasteiger partial charge in [0.25, 0.3) is 11.8 Å². The van der Waals surface area contributed by atoms with Gasteiger partial charge >= 0.3 is 0 Å². The summed E-state index contributed by atoms with van der Waals surface area (Å²) in [5, 5.41) is 4.86. The van der Waals surface area contributed by atoms with Crippen LogP contribution in [-0.2, 0) is 0 Å². The first-order chi connectivity index (χ1) is 10.1. The number of rotatable bonds is 2. The number of aromatic nitrogens is 2. The predicted molar refractivity (Wildman–Crippen MR) is 83.9 cm³/mol. The molecule has 1 fully saturated rings. The molecule has 21 heavy (non-hydrogen) atoms. The molecule has 0 saturated carbocycles. The number of hydrogen-bond donors (Lipinski definition) is 1. The van der Waals surface area contributed by atoms with Crippen molar-refractivity contribution in [2.75, 3.05) is 43.9 Å². The maximum Gasteiger partial charge on any atom is 0.266 e. The number of nitrogens with zero attached hydrogens (tertiary/aromatic N) is 4. The maximum absolute atomic E-state index is 6.16. The predicted octanol–water partition coefficient (Wildman–Crippen LogP) is 2.38. The zero-order valence-electron chi connectivity index (χ0n) is 11.5. The zero-order chi connectivity index (χ0) is 15.0. The monoisotopic (exact) mass is 327 g/mol. The molecule has 2 heterocycles. The van der Waals surface area contributed by atoms with Gasteiger partial charge in [-0.25, -0.2) is 0 Å². The molecule has 0 atom stereocenters. The Hall–Kier alpha value is -1.50. The number of likely N-dealkylation sites (N-methyl/N-ethyl adjacent to an activating group) is 1. The first-order valence-electron chi connectivity index (χ1n) is 6.57. The van der Waals surface area contributed by atoms with Crippen LogP contribution in [0.25, 0.3) is 11.5 Å². The standard InChI is InChI=1S/C13H15Cl2N5O/c1-19-4-6-20(7-5-19)13-17-12(21-18-13)10-8(14)2-3-9(15)11(10)16/h2-3H,4-7,16H2,1H3. The van der Waals surface area contributed by atoms with Crippen LogP contribution in [0.4, 0.5) is 11.6 Å². The molecule has 0 bridgehead atoms. The Balaban J connectivity index is 1.90. The molecule has 1 aliphatic rings. The minimum Gasteiger partial charge on any atom is -0.397 e. The van der Waals surface area contributed by atoms with Crippen molar-refractivity contribution < 1.29 is 4.52 Å². The fourth-order valence-electron chi connectivity index (χ4n) is 2.24. The van der Waals surface area contributed by atoms with E-state index in [9.17, 15) is 0 Å². The highest BCUT2D eigenvalue weighted by atomic mass is 35.5.